The summed E-state index contributed by atoms with van der Waals surface area (Å²) in [6, 6.07) is 15.7. The van der Waals surface area contributed by atoms with Gasteiger partial charge in [-0.2, -0.15) is 0 Å². The lowest BCUT2D eigenvalue weighted by atomic mass is 9.87. The summed E-state index contributed by atoms with van der Waals surface area (Å²) in [6.07, 6.45) is 1.18. The van der Waals surface area contributed by atoms with Crippen LogP contribution >= 0.6 is 0 Å². The Labute approximate surface area is 387 Å². The third-order valence-corrected chi connectivity index (χ3v) is 14.8. The van der Waals surface area contributed by atoms with Gasteiger partial charge in [-0.3, -0.25) is 33.6 Å². The van der Waals surface area contributed by atoms with E-state index in [-0.39, 0.29) is 12.3 Å². The highest BCUT2D eigenvalue weighted by atomic mass is 28.3. The fourth-order valence-electron chi connectivity index (χ4n) is 7.80. The van der Waals surface area contributed by atoms with Crippen molar-refractivity contribution in [3.8, 4) is 0 Å². The third kappa shape index (κ3) is 13.0. The Morgan fingerprint density at radius 3 is 1.99 bits per heavy atom. The molecule has 0 bridgehead atoms. The Hall–Kier alpha value is -7.67. The van der Waals surface area contributed by atoms with Crippen molar-refractivity contribution in [3.05, 3.63) is 124 Å². The number of hydrogen-bond donors (Lipinski definition) is 8. The first-order chi connectivity index (χ1) is 31.7. The Kier molecular flexibility index (Phi) is 16.5. The van der Waals surface area contributed by atoms with Gasteiger partial charge in [0, 0.05) is 12.1 Å². The highest BCUT2D eigenvalue weighted by Crippen LogP contribution is 2.42. The minimum Gasteiger partial charge on any atom is -0.481 e. The van der Waals surface area contributed by atoms with Gasteiger partial charge in [0.1, 0.15) is 38.8 Å². The quantitative estimate of drug-likeness (QED) is 0.0632. The number of ether oxygens (including phenoxy) is 1. The minimum absolute atomic E-state index is 0.211. The number of anilines is 1. The summed E-state index contributed by atoms with van der Waals surface area (Å²) < 4.78 is 5.11. The molecule has 0 unspecified atom stereocenters. The Bertz CT molecular complexity index is 2590. The number of carbonyl (C=O) groups is 8. The molecule has 0 radical (unpaired) electrons. The van der Waals surface area contributed by atoms with Crippen LogP contribution in [0, 0.1) is 12.8 Å². The van der Waals surface area contributed by atoms with E-state index in [0.717, 1.165) is 38.2 Å². The van der Waals surface area contributed by atoms with Crippen molar-refractivity contribution >= 4 is 77.9 Å². The van der Waals surface area contributed by atoms with E-state index in [2.05, 4.69) is 39.4 Å². The number of carboxylic acid groups (broad SMARTS) is 3. The summed E-state index contributed by atoms with van der Waals surface area (Å²) in [5.41, 5.74) is 12.8. The number of aliphatic carboxylic acids is 3. The molecular weight excluding hydrogens is 881 g/mol. The van der Waals surface area contributed by atoms with Gasteiger partial charge in [-0.15, -0.1) is 0 Å². The van der Waals surface area contributed by atoms with Crippen molar-refractivity contribution < 1.29 is 58.4 Å². The number of hydrogen-bond acceptors (Lipinski definition) is 10. The van der Waals surface area contributed by atoms with Gasteiger partial charge in [-0.25, -0.2) is 9.79 Å². The highest BCUT2D eigenvalue weighted by Gasteiger charge is 2.40. The monoisotopic (exact) mass is 934 g/mol. The zero-order chi connectivity index (χ0) is 49.2. The number of carboxylic acids is 3. The van der Waals surface area contributed by atoms with E-state index in [1.54, 1.807) is 42.5 Å². The molecule has 9 N–H and O–H groups in total. The number of fused-ring (bicyclic) bond motifs is 2. The molecule has 5 amide bonds. The van der Waals surface area contributed by atoms with Crippen molar-refractivity contribution in [1.82, 2.24) is 21.3 Å². The molecular formula is C48H54N6O12Si. The molecule has 1 heterocycles. The van der Waals surface area contributed by atoms with Crippen LogP contribution in [0.1, 0.15) is 61.8 Å². The topological polar surface area (TPSA) is 293 Å². The molecule has 0 spiro atoms. The van der Waals surface area contributed by atoms with Crippen molar-refractivity contribution in [3.63, 3.8) is 0 Å². The number of alkyl carbamates (subject to hydrolysis) is 1. The van der Waals surface area contributed by atoms with Gasteiger partial charge >= 0.3 is 24.0 Å². The Morgan fingerprint density at radius 1 is 0.716 bits per heavy atom. The molecule has 5 rings (SSSR count). The summed E-state index contributed by atoms with van der Waals surface area (Å²) in [5, 5.41) is 40.0. The molecule has 2 aliphatic rings. The zero-order valence-corrected chi connectivity index (χ0v) is 38.6. The molecule has 3 aromatic rings. The zero-order valence-electron chi connectivity index (χ0n) is 37.6. The Morgan fingerprint density at radius 2 is 1.34 bits per heavy atom. The van der Waals surface area contributed by atoms with Gasteiger partial charge in [0.15, 0.2) is 0 Å². The van der Waals surface area contributed by atoms with Crippen LogP contribution in [-0.4, -0.2) is 101 Å². The smallest absolute Gasteiger partial charge is 0.408 e. The van der Waals surface area contributed by atoms with Gasteiger partial charge in [0.2, 0.25) is 17.7 Å². The summed E-state index contributed by atoms with van der Waals surface area (Å²) in [4.78, 5) is 107. The normalized spacial score (nSPS) is 16.0. The van der Waals surface area contributed by atoms with Gasteiger partial charge in [0.25, 0.3) is 5.91 Å². The molecule has 0 saturated carbocycles. The molecule has 67 heavy (non-hydrogen) atoms. The first-order valence-electron chi connectivity index (χ1n) is 21.4. The first-order valence-corrected chi connectivity index (χ1v) is 24.4. The van der Waals surface area contributed by atoms with E-state index in [4.69, 9.17) is 10.5 Å². The van der Waals surface area contributed by atoms with Crippen LogP contribution in [0.15, 0.2) is 107 Å². The number of aryl methyl sites for hydroxylation is 1. The van der Waals surface area contributed by atoms with E-state index >= 15 is 0 Å². The average Bonchev–Trinajstić information content (AvgIpc) is 3.26. The van der Waals surface area contributed by atoms with Crippen LogP contribution in [0.2, 0.25) is 13.1 Å². The maximum atomic E-state index is 13.9. The minimum atomic E-state index is -2.51. The molecule has 18 nitrogen and oxygen atoms in total. The van der Waals surface area contributed by atoms with Gasteiger partial charge in [-0.05, 0) is 87.3 Å². The van der Waals surface area contributed by atoms with E-state index in [1.807, 2.05) is 55.5 Å². The first kappa shape index (κ1) is 50.3. The Balaban J connectivity index is 1.36. The number of nitrogens with one attached hydrogen (secondary N) is 4. The third-order valence-electron chi connectivity index (χ3n) is 11.3. The predicted octanol–water partition coefficient (Wildman–Crippen LogP) is 3.53. The molecule has 0 fully saturated rings. The maximum absolute atomic E-state index is 13.9. The maximum Gasteiger partial charge on any atom is 0.408 e. The summed E-state index contributed by atoms with van der Waals surface area (Å²) >= 11 is 0. The molecule has 19 heteroatoms. The molecule has 4 atom stereocenters. The van der Waals surface area contributed by atoms with Crippen LogP contribution in [0.4, 0.5) is 10.5 Å². The van der Waals surface area contributed by atoms with Crippen LogP contribution in [0.3, 0.4) is 0 Å². The molecule has 352 valence electrons. The second-order valence-electron chi connectivity index (χ2n) is 17.0. The number of aliphatic imine (C=N–C) groups is 1. The summed E-state index contributed by atoms with van der Waals surface area (Å²) in [6.45, 7) is 9.20. The summed E-state index contributed by atoms with van der Waals surface area (Å²) in [5.74, 6) is -9.22. The number of nitrogen functional groups attached to an aromatic ring is 1. The van der Waals surface area contributed by atoms with Crippen LogP contribution in [0.25, 0.3) is 5.57 Å². The van der Waals surface area contributed by atoms with Crippen molar-refractivity contribution in [2.45, 2.75) is 90.3 Å². The number of carbonyl (C=O) groups excluding carboxylic acids is 5. The highest BCUT2D eigenvalue weighted by molar-refractivity contribution is 6.98. The van der Waals surface area contributed by atoms with E-state index < -0.39 is 111 Å². The second kappa shape index (κ2) is 22.0. The number of nitrogens with two attached hydrogens (primary N) is 1. The number of benzene rings is 3. The second-order valence-corrected chi connectivity index (χ2v) is 21.4. The van der Waals surface area contributed by atoms with E-state index in [0.29, 0.717) is 11.3 Å². The van der Waals surface area contributed by atoms with Crippen LogP contribution < -0.4 is 32.2 Å². The average molecular weight is 935 g/mol. The lowest BCUT2D eigenvalue weighted by Gasteiger charge is -2.38. The number of rotatable bonds is 19. The summed E-state index contributed by atoms with van der Waals surface area (Å²) in [7, 11) is -2.51. The fourth-order valence-corrected chi connectivity index (χ4v) is 10.9. The van der Waals surface area contributed by atoms with Gasteiger partial charge in [-0.1, -0.05) is 93.7 Å². The van der Waals surface area contributed by atoms with E-state index in [9.17, 15) is 53.7 Å². The van der Waals surface area contributed by atoms with Gasteiger partial charge < -0.3 is 47.1 Å². The largest absolute Gasteiger partial charge is 0.481 e. The van der Waals surface area contributed by atoms with Crippen molar-refractivity contribution in [1.29, 1.82) is 0 Å². The van der Waals surface area contributed by atoms with Crippen LogP contribution in [0.5, 0.6) is 0 Å². The van der Waals surface area contributed by atoms with Crippen molar-refractivity contribution in [2.75, 3.05) is 5.73 Å². The van der Waals surface area contributed by atoms with Crippen LogP contribution in [-0.2, 0) is 44.9 Å². The number of nitrogens with zero attached hydrogens (tertiary/aromatic N) is 1. The number of amides is 5. The lowest BCUT2D eigenvalue weighted by Crippen LogP contribution is -2.59. The number of allylic oxidation sites excluding steroid dienone is 5. The molecule has 0 aromatic heterocycles. The lowest BCUT2D eigenvalue weighted by molar-refractivity contribution is -0.141. The molecule has 0 saturated heterocycles. The van der Waals surface area contributed by atoms with E-state index in [1.165, 1.54) is 13.8 Å². The fraction of sp³-hybridized carbons (Fsp3) is 0.312. The SMILES string of the molecule is Cc1ccccc1C1=C2C=CC(=NC(=O)[C@H](CC(=O)O)NC(=O)[C@@H](NC(=O)[C@H](CCC(=O)O)NC(=O)[C@H](CC(=O)O)NC(=O)OCc3ccccc3)C(C)C)C=C2[Si](C)(C)c2cc(N)ccc21. The molecule has 1 aliphatic heterocycles. The predicted molar refractivity (Wildman–Crippen MR) is 250 cm³/mol. The molecule has 3 aromatic carbocycles. The van der Waals surface area contributed by atoms with Gasteiger partial charge in [0.05, 0.1) is 18.6 Å². The standard InChI is InChI=1S/C48H54N6O12Si/c1-26(2)43(54-44(61)34(19-20-39(55)56)51-46(63)36(24-41(59)60)53-48(65)66-25-28-12-7-6-8-13-28)47(64)52-35(23-40(57)58)45(62)50-30-16-18-33-38(22-30)67(4,5)37-21-29(49)15-17-32(37)42(33)31-14-10-9-11-27(31)3/h6-18,21-22,26,34-36,43H,19-20,23-25,49H2,1-5H3,(H,51,63)(H,52,64)(H,53,65)(H,54,61)(H,55,56)(H,57,58)(H,59,60)/t34-,35-,36-,43-/m0/s1. The van der Waals surface area contributed by atoms with Crippen molar-refractivity contribution in [2.24, 2.45) is 10.9 Å². The molecule has 1 aliphatic carbocycles.